The van der Waals surface area contributed by atoms with Crippen LogP contribution in [0.15, 0.2) is 29.3 Å². The second-order valence-corrected chi connectivity index (χ2v) is 8.09. The van der Waals surface area contributed by atoms with Crippen molar-refractivity contribution >= 4 is 17.6 Å². The minimum Gasteiger partial charge on any atom is -0.487 e. The lowest BCUT2D eigenvalue weighted by molar-refractivity contribution is 0.230. The molecule has 0 aliphatic carbocycles. The van der Waals surface area contributed by atoms with Crippen LogP contribution in [0.25, 0.3) is 0 Å². The zero-order chi connectivity index (χ0) is 20.8. The van der Waals surface area contributed by atoms with Crippen LogP contribution >= 0.6 is 11.6 Å². The van der Waals surface area contributed by atoms with E-state index in [1.165, 1.54) is 0 Å². The number of ether oxygens (including phenoxy) is 1. The smallest absolute Gasteiger partial charge is 0.191 e. The predicted octanol–water partition coefficient (Wildman–Crippen LogP) is 3.39. The molecular formula is C21H31ClN6O. The van der Waals surface area contributed by atoms with E-state index in [4.69, 9.17) is 21.3 Å². The summed E-state index contributed by atoms with van der Waals surface area (Å²) in [6, 6.07) is 7.76. The number of aromatic nitrogens is 3. The Morgan fingerprint density at radius 1 is 1.34 bits per heavy atom. The van der Waals surface area contributed by atoms with Gasteiger partial charge in [0.15, 0.2) is 11.8 Å². The van der Waals surface area contributed by atoms with E-state index in [9.17, 15) is 0 Å². The van der Waals surface area contributed by atoms with Crippen LogP contribution < -0.4 is 15.4 Å². The SMILES string of the molecule is CCNC(=NCC(C)Oc1ccccc1Cl)NC1CCc2nc(C(C)C)nn2C1. The summed E-state index contributed by atoms with van der Waals surface area (Å²) in [5.74, 6) is 3.82. The molecule has 1 aromatic carbocycles. The summed E-state index contributed by atoms with van der Waals surface area (Å²) in [4.78, 5) is 9.36. The maximum atomic E-state index is 6.17. The highest BCUT2D eigenvalue weighted by molar-refractivity contribution is 6.32. The second kappa shape index (κ2) is 9.96. The van der Waals surface area contributed by atoms with Gasteiger partial charge in [0, 0.05) is 24.9 Å². The molecule has 1 aliphatic heterocycles. The van der Waals surface area contributed by atoms with Crippen molar-refractivity contribution in [3.05, 3.63) is 40.9 Å². The molecule has 2 N–H and O–H groups in total. The monoisotopic (exact) mass is 418 g/mol. The first-order valence-electron chi connectivity index (χ1n) is 10.4. The third kappa shape index (κ3) is 5.85. The van der Waals surface area contributed by atoms with Crippen molar-refractivity contribution in [3.63, 3.8) is 0 Å². The molecule has 0 radical (unpaired) electrons. The van der Waals surface area contributed by atoms with Gasteiger partial charge in [-0.15, -0.1) is 0 Å². The molecule has 0 amide bonds. The van der Waals surface area contributed by atoms with E-state index in [1.807, 2.05) is 35.9 Å². The lowest BCUT2D eigenvalue weighted by Gasteiger charge is -2.25. The molecule has 0 saturated heterocycles. The standard InChI is InChI=1S/C21H31ClN6O/c1-5-23-21(24-12-15(4)29-18-9-7-6-8-17(18)22)25-16-10-11-19-26-20(14(2)3)27-28(19)13-16/h6-9,14-16H,5,10-13H2,1-4H3,(H2,23,24,25). The maximum Gasteiger partial charge on any atom is 0.191 e. The number of nitrogens with zero attached hydrogens (tertiary/aromatic N) is 4. The molecule has 1 aliphatic rings. The van der Waals surface area contributed by atoms with Crippen LogP contribution in [-0.2, 0) is 13.0 Å². The van der Waals surface area contributed by atoms with Gasteiger partial charge in [0.05, 0.1) is 18.1 Å². The van der Waals surface area contributed by atoms with Gasteiger partial charge in [-0.05, 0) is 32.4 Å². The van der Waals surface area contributed by atoms with Gasteiger partial charge in [-0.3, -0.25) is 0 Å². The number of guanidine groups is 1. The van der Waals surface area contributed by atoms with Gasteiger partial charge in [-0.25, -0.2) is 14.7 Å². The summed E-state index contributed by atoms with van der Waals surface area (Å²) in [6.45, 7) is 10.4. The fraction of sp³-hybridized carbons (Fsp3) is 0.571. The minimum absolute atomic E-state index is 0.0905. The molecule has 0 saturated carbocycles. The molecule has 0 bridgehead atoms. The molecule has 2 unspecified atom stereocenters. The fourth-order valence-corrected chi connectivity index (χ4v) is 3.40. The highest BCUT2D eigenvalue weighted by Crippen LogP contribution is 2.24. The first kappa shape index (κ1) is 21.4. The van der Waals surface area contributed by atoms with Gasteiger partial charge >= 0.3 is 0 Å². The normalized spacial score (nSPS) is 17.7. The van der Waals surface area contributed by atoms with Crippen LogP contribution in [0.3, 0.4) is 0 Å². The Labute approximate surface area is 177 Å². The molecule has 1 aromatic heterocycles. The van der Waals surface area contributed by atoms with Crippen molar-refractivity contribution in [2.24, 2.45) is 4.99 Å². The van der Waals surface area contributed by atoms with E-state index in [1.54, 1.807) is 0 Å². The zero-order valence-electron chi connectivity index (χ0n) is 17.7. The Hall–Kier alpha value is -2.28. The molecule has 2 atom stereocenters. The molecule has 7 nitrogen and oxygen atoms in total. The highest BCUT2D eigenvalue weighted by atomic mass is 35.5. The fourth-order valence-electron chi connectivity index (χ4n) is 3.22. The molecule has 29 heavy (non-hydrogen) atoms. The van der Waals surface area contributed by atoms with Gasteiger partial charge in [0.1, 0.15) is 17.7 Å². The van der Waals surface area contributed by atoms with Crippen molar-refractivity contribution in [1.82, 2.24) is 25.4 Å². The predicted molar refractivity (Wildman–Crippen MR) is 117 cm³/mol. The van der Waals surface area contributed by atoms with Gasteiger partial charge in [-0.2, -0.15) is 5.10 Å². The first-order chi connectivity index (χ1) is 14.0. The lowest BCUT2D eigenvalue weighted by Crippen LogP contribution is -2.47. The largest absolute Gasteiger partial charge is 0.487 e. The summed E-state index contributed by atoms with van der Waals surface area (Å²) >= 11 is 6.17. The molecule has 2 heterocycles. The third-order valence-electron chi connectivity index (χ3n) is 4.75. The number of fused-ring (bicyclic) bond motifs is 1. The van der Waals surface area contributed by atoms with E-state index in [0.29, 0.717) is 23.2 Å². The Morgan fingerprint density at radius 2 is 2.14 bits per heavy atom. The van der Waals surface area contributed by atoms with Gasteiger partial charge in [-0.1, -0.05) is 37.6 Å². The topological polar surface area (TPSA) is 76.4 Å². The van der Waals surface area contributed by atoms with Crippen molar-refractivity contribution in [3.8, 4) is 5.75 Å². The van der Waals surface area contributed by atoms with E-state index in [0.717, 1.165) is 43.5 Å². The molecule has 8 heteroatoms. The minimum atomic E-state index is -0.0905. The van der Waals surface area contributed by atoms with E-state index >= 15 is 0 Å². The van der Waals surface area contributed by atoms with E-state index in [2.05, 4.69) is 41.5 Å². The average Bonchev–Trinajstić information content (AvgIpc) is 3.12. The molecule has 3 rings (SSSR count). The Morgan fingerprint density at radius 3 is 2.86 bits per heavy atom. The molecule has 0 fully saturated rings. The number of para-hydroxylation sites is 1. The number of nitrogens with one attached hydrogen (secondary N) is 2. The van der Waals surface area contributed by atoms with E-state index in [-0.39, 0.29) is 12.1 Å². The lowest BCUT2D eigenvalue weighted by atomic mass is 10.1. The average molecular weight is 419 g/mol. The van der Waals surface area contributed by atoms with Crippen LogP contribution in [0.5, 0.6) is 5.75 Å². The Balaban J connectivity index is 1.58. The summed E-state index contributed by atoms with van der Waals surface area (Å²) in [7, 11) is 0. The number of halogens is 1. The van der Waals surface area contributed by atoms with E-state index < -0.39 is 0 Å². The maximum absolute atomic E-state index is 6.17. The van der Waals surface area contributed by atoms with Crippen molar-refractivity contribution < 1.29 is 4.74 Å². The van der Waals surface area contributed by atoms with Gasteiger partial charge < -0.3 is 15.4 Å². The zero-order valence-corrected chi connectivity index (χ0v) is 18.4. The molecule has 158 valence electrons. The Bertz CT molecular complexity index is 834. The Kier molecular flexibility index (Phi) is 7.36. The van der Waals surface area contributed by atoms with Crippen molar-refractivity contribution in [2.45, 2.75) is 65.1 Å². The molecule has 2 aromatic rings. The first-order valence-corrected chi connectivity index (χ1v) is 10.7. The van der Waals surface area contributed by atoms with Crippen LogP contribution in [0.1, 0.15) is 51.7 Å². The van der Waals surface area contributed by atoms with Crippen LogP contribution in [0.4, 0.5) is 0 Å². The molecular weight excluding hydrogens is 388 g/mol. The van der Waals surface area contributed by atoms with Crippen molar-refractivity contribution in [1.29, 1.82) is 0 Å². The summed E-state index contributed by atoms with van der Waals surface area (Å²) in [6.07, 6.45) is 1.84. The second-order valence-electron chi connectivity index (χ2n) is 7.68. The number of benzene rings is 1. The summed E-state index contributed by atoms with van der Waals surface area (Å²) in [5, 5.41) is 12.1. The number of rotatable bonds is 7. The summed E-state index contributed by atoms with van der Waals surface area (Å²) in [5.41, 5.74) is 0. The van der Waals surface area contributed by atoms with Crippen LogP contribution in [0.2, 0.25) is 5.02 Å². The number of hydrogen-bond acceptors (Lipinski definition) is 4. The van der Waals surface area contributed by atoms with Gasteiger partial charge in [0.2, 0.25) is 0 Å². The van der Waals surface area contributed by atoms with Crippen molar-refractivity contribution in [2.75, 3.05) is 13.1 Å². The number of aryl methyl sites for hydroxylation is 1. The third-order valence-corrected chi connectivity index (χ3v) is 5.06. The van der Waals surface area contributed by atoms with Crippen LogP contribution in [-0.4, -0.2) is 46.0 Å². The summed E-state index contributed by atoms with van der Waals surface area (Å²) < 4.78 is 7.95. The van der Waals surface area contributed by atoms with Gasteiger partial charge in [0.25, 0.3) is 0 Å². The number of aliphatic imine (C=N–C) groups is 1. The van der Waals surface area contributed by atoms with Crippen LogP contribution in [0, 0.1) is 0 Å². The quantitative estimate of drug-likeness (QED) is 0.532. The number of hydrogen-bond donors (Lipinski definition) is 2. The highest BCUT2D eigenvalue weighted by Gasteiger charge is 2.23. The molecule has 0 spiro atoms.